The first kappa shape index (κ1) is 9.39. The van der Waals surface area contributed by atoms with Crippen molar-refractivity contribution in [3.63, 3.8) is 0 Å². The van der Waals surface area contributed by atoms with Crippen molar-refractivity contribution in [2.75, 3.05) is 5.43 Å². The number of hydrogen-bond donors (Lipinski definition) is 2. The number of nitrogens with zero attached hydrogens (tertiary/aromatic N) is 2. The van der Waals surface area contributed by atoms with Crippen LogP contribution in [0.5, 0.6) is 0 Å². The molecule has 0 aliphatic heterocycles. The van der Waals surface area contributed by atoms with Gasteiger partial charge < -0.3 is 5.43 Å². The van der Waals surface area contributed by atoms with E-state index in [1.807, 2.05) is 12.1 Å². The van der Waals surface area contributed by atoms with Crippen molar-refractivity contribution in [2.45, 2.75) is 0 Å². The molecule has 0 bridgehead atoms. The highest BCUT2D eigenvalue weighted by Gasteiger charge is 2.04. The summed E-state index contributed by atoms with van der Waals surface area (Å²) in [5.41, 5.74) is 2.46. The highest BCUT2D eigenvalue weighted by molar-refractivity contribution is 7.19. The molecular formula is C8H7ClN4S. The van der Waals surface area contributed by atoms with Crippen LogP contribution < -0.4 is 11.3 Å². The minimum atomic E-state index is 0.583. The Balaban J connectivity index is 2.41. The highest BCUT2D eigenvalue weighted by Crippen LogP contribution is 2.28. The first-order valence-electron chi connectivity index (χ1n) is 3.85. The van der Waals surface area contributed by atoms with Gasteiger partial charge in [0.25, 0.3) is 0 Å². The lowest BCUT2D eigenvalue weighted by Crippen LogP contribution is -2.08. The number of aromatic nitrogens is 2. The van der Waals surface area contributed by atoms with E-state index in [9.17, 15) is 0 Å². The number of nitrogens with two attached hydrogens (primary N) is 1. The quantitative estimate of drug-likeness (QED) is 0.608. The van der Waals surface area contributed by atoms with Crippen LogP contribution in [-0.4, -0.2) is 9.97 Å². The lowest BCUT2D eigenvalue weighted by molar-refractivity contribution is 1.15. The van der Waals surface area contributed by atoms with Crippen molar-refractivity contribution in [1.82, 2.24) is 9.97 Å². The first-order chi connectivity index (χ1) is 6.79. The second-order valence-electron chi connectivity index (χ2n) is 2.51. The maximum atomic E-state index is 5.81. The van der Waals surface area contributed by atoms with Crippen LogP contribution in [0.4, 0.5) is 5.82 Å². The Bertz CT molecular complexity index is 442. The third-order valence-corrected chi connectivity index (χ3v) is 2.82. The van der Waals surface area contributed by atoms with Gasteiger partial charge in [-0.05, 0) is 12.1 Å². The zero-order valence-electron chi connectivity index (χ0n) is 7.07. The number of halogens is 1. The van der Waals surface area contributed by atoms with Crippen LogP contribution in [-0.2, 0) is 0 Å². The van der Waals surface area contributed by atoms with E-state index < -0.39 is 0 Å². The molecule has 2 aromatic heterocycles. The van der Waals surface area contributed by atoms with Gasteiger partial charge in [0.2, 0.25) is 0 Å². The van der Waals surface area contributed by atoms with Crippen LogP contribution in [0.15, 0.2) is 24.4 Å². The average Bonchev–Trinajstić information content (AvgIpc) is 2.65. The molecule has 0 radical (unpaired) electrons. The molecule has 14 heavy (non-hydrogen) atoms. The normalized spacial score (nSPS) is 10.1. The van der Waals surface area contributed by atoms with Gasteiger partial charge in [0.15, 0.2) is 5.82 Å². The fourth-order valence-electron chi connectivity index (χ4n) is 0.992. The number of hydrogen-bond acceptors (Lipinski definition) is 5. The summed E-state index contributed by atoms with van der Waals surface area (Å²) < 4.78 is 0.717. The average molecular weight is 227 g/mol. The largest absolute Gasteiger partial charge is 0.308 e. The maximum Gasteiger partial charge on any atom is 0.171 e. The van der Waals surface area contributed by atoms with E-state index in [2.05, 4.69) is 15.4 Å². The van der Waals surface area contributed by atoms with Crippen molar-refractivity contribution in [1.29, 1.82) is 0 Å². The Morgan fingerprint density at radius 2 is 2.21 bits per heavy atom. The smallest absolute Gasteiger partial charge is 0.171 e. The molecule has 2 rings (SSSR count). The van der Waals surface area contributed by atoms with Crippen LogP contribution >= 0.6 is 22.9 Å². The first-order valence-corrected chi connectivity index (χ1v) is 5.04. The number of thiophene rings is 1. The predicted octanol–water partition coefficient (Wildman–Crippen LogP) is 2.14. The SMILES string of the molecule is NNc1ccnc(-c2ccc(Cl)s2)n1. The Hall–Kier alpha value is -1.17. The van der Waals surface area contributed by atoms with E-state index >= 15 is 0 Å². The summed E-state index contributed by atoms with van der Waals surface area (Å²) in [5.74, 6) is 6.44. The second kappa shape index (κ2) is 3.91. The molecule has 0 aliphatic rings. The third-order valence-electron chi connectivity index (χ3n) is 1.60. The monoisotopic (exact) mass is 226 g/mol. The summed E-state index contributed by atoms with van der Waals surface area (Å²) in [6.07, 6.45) is 1.64. The van der Waals surface area contributed by atoms with Crippen LogP contribution in [0, 0.1) is 0 Å². The maximum absolute atomic E-state index is 5.81. The fraction of sp³-hybridized carbons (Fsp3) is 0. The molecule has 2 aromatic rings. The number of hydrazine groups is 1. The standard InChI is InChI=1S/C8H7ClN4S/c9-6-2-1-5(14-6)8-11-4-3-7(12-8)13-10/h1-4H,10H2,(H,11,12,13). The molecule has 0 unspecified atom stereocenters. The molecule has 0 amide bonds. The van der Waals surface area contributed by atoms with E-state index in [-0.39, 0.29) is 0 Å². The zero-order chi connectivity index (χ0) is 9.97. The molecule has 0 atom stereocenters. The number of nitrogen functional groups attached to an aromatic ring is 1. The fourth-order valence-corrected chi connectivity index (χ4v) is 1.98. The van der Waals surface area contributed by atoms with Gasteiger partial charge in [-0.1, -0.05) is 11.6 Å². The van der Waals surface area contributed by atoms with Crippen molar-refractivity contribution in [2.24, 2.45) is 5.84 Å². The molecule has 0 saturated carbocycles. The minimum absolute atomic E-state index is 0.583. The molecule has 0 spiro atoms. The highest BCUT2D eigenvalue weighted by atomic mass is 35.5. The molecule has 0 aromatic carbocycles. The Morgan fingerprint density at radius 1 is 1.36 bits per heavy atom. The molecule has 2 heterocycles. The van der Waals surface area contributed by atoms with Crippen LogP contribution in [0.2, 0.25) is 4.34 Å². The molecule has 0 aliphatic carbocycles. The number of anilines is 1. The van der Waals surface area contributed by atoms with Gasteiger partial charge >= 0.3 is 0 Å². The lowest BCUT2D eigenvalue weighted by atomic mass is 10.4. The van der Waals surface area contributed by atoms with Crippen LogP contribution in [0.3, 0.4) is 0 Å². The van der Waals surface area contributed by atoms with Gasteiger partial charge in [-0.3, -0.25) is 0 Å². The van der Waals surface area contributed by atoms with E-state index in [1.54, 1.807) is 12.3 Å². The molecule has 4 nitrogen and oxygen atoms in total. The summed E-state index contributed by atoms with van der Waals surface area (Å²) in [5, 5.41) is 0. The van der Waals surface area contributed by atoms with Crippen molar-refractivity contribution >= 4 is 28.8 Å². The molecule has 72 valence electrons. The molecule has 6 heteroatoms. The molecule has 0 fully saturated rings. The van der Waals surface area contributed by atoms with E-state index in [0.29, 0.717) is 11.6 Å². The Kier molecular flexibility index (Phi) is 2.62. The molecular weight excluding hydrogens is 220 g/mol. The van der Waals surface area contributed by atoms with Gasteiger partial charge in [-0.15, -0.1) is 11.3 Å². The van der Waals surface area contributed by atoms with Crippen LogP contribution in [0.25, 0.3) is 10.7 Å². The van der Waals surface area contributed by atoms with Gasteiger partial charge in [0.05, 0.1) is 9.21 Å². The van der Waals surface area contributed by atoms with Gasteiger partial charge in [-0.25, -0.2) is 15.8 Å². The summed E-state index contributed by atoms with van der Waals surface area (Å²) in [7, 11) is 0. The van der Waals surface area contributed by atoms with Crippen molar-refractivity contribution < 1.29 is 0 Å². The zero-order valence-corrected chi connectivity index (χ0v) is 8.64. The van der Waals surface area contributed by atoms with Crippen LogP contribution in [0.1, 0.15) is 0 Å². The molecule has 0 saturated heterocycles. The second-order valence-corrected chi connectivity index (χ2v) is 4.23. The van der Waals surface area contributed by atoms with Crippen molar-refractivity contribution in [3.05, 3.63) is 28.7 Å². The minimum Gasteiger partial charge on any atom is -0.308 e. The summed E-state index contributed by atoms with van der Waals surface area (Å²) in [6, 6.07) is 5.38. The molecule has 3 N–H and O–H groups in total. The van der Waals surface area contributed by atoms with E-state index in [4.69, 9.17) is 17.4 Å². The van der Waals surface area contributed by atoms with E-state index in [0.717, 1.165) is 9.21 Å². The number of rotatable bonds is 2. The van der Waals surface area contributed by atoms with Gasteiger partial charge in [-0.2, -0.15) is 0 Å². The van der Waals surface area contributed by atoms with Crippen molar-refractivity contribution in [3.8, 4) is 10.7 Å². The topological polar surface area (TPSA) is 63.8 Å². The lowest BCUT2D eigenvalue weighted by Gasteiger charge is -1.99. The third kappa shape index (κ3) is 1.84. The predicted molar refractivity (Wildman–Crippen MR) is 58.2 cm³/mol. The van der Waals surface area contributed by atoms with E-state index in [1.165, 1.54) is 11.3 Å². The Labute approximate surface area is 89.7 Å². The number of nitrogens with one attached hydrogen (secondary N) is 1. The summed E-state index contributed by atoms with van der Waals surface area (Å²) >= 11 is 7.24. The Morgan fingerprint density at radius 3 is 2.86 bits per heavy atom. The van der Waals surface area contributed by atoms with Gasteiger partial charge in [0.1, 0.15) is 5.82 Å². The summed E-state index contributed by atoms with van der Waals surface area (Å²) in [4.78, 5) is 9.22. The summed E-state index contributed by atoms with van der Waals surface area (Å²) in [6.45, 7) is 0. The van der Waals surface area contributed by atoms with Gasteiger partial charge in [0, 0.05) is 12.3 Å².